The minimum Gasteiger partial charge on any atom is -0.481 e. The van der Waals surface area contributed by atoms with Gasteiger partial charge in [-0.1, -0.05) is 0 Å². The van der Waals surface area contributed by atoms with Crippen LogP contribution in [-0.2, 0) is 11.2 Å². The fourth-order valence-electron chi connectivity index (χ4n) is 2.69. The van der Waals surface area contributed by atoms with Gasteiger partial charge in [0.05, 0.1) is 0 Å². The Morgan fingerprint density at radius 3 is 2.95 bits per heavy atom. The maximum Gasteiger partial charge on any atom is 0.261 e. The highest BCUT2D eigenvalue weighted by Gasteiger charge is 2.24. The minimum atomic E-state index is -0.405. The lowest BCUT2D eigenvalue weighted by atomic mass is 10.1. The lowest BCUT2D eigenvalue weighted by molar-refractivity contribution is -0.127. The molecule has 1 amide bonds. The number of nitrogens with one attached hydrogen (secondary N) is 1. The summed E-state index contributed by atoms with van der Waals surface area (Å²) in [6, 6.07) is 5.51. The SMILES string of the molecule is O=C1CCc2cc(OC3CCCCNC3=O)ccc21. The highest BCUT2D eigenvalue weighted by Crippen LogP contribution is 2.27. The minimum absolute atomic E-state index is 0.0333. The molecule has 1 atom stereocenters. The van der Waals surface area contributed by atoms with Gasteiger partial charge in [0.15, 0.2) is 11.9 Å². The molecule has 1 aromatic carbocycles. The first-order valence-corrected chi connectivity index (χ1v) is 6.84. The van der Waals surface area contributed by atoms with E-state index >= 15 is 0 Å². The largest absolute Gasteiger partial charge is 0.481 e. The first-order valence-electron chi connectivity index (χ1n) is 6.84. The number of ketones is 1. The number of fused-ring (bicyclic) bond motifs is 1. The first kappa shape index (κ1) is 12.2. The summed E-state index contributed by atoms with van der Waals surface area (Å²) < 4.78 is 5.78. The van der Waals surface area contributed by atoms with Crippen molar-refractivity contribution in [2.45, 2.75) is 38.2 Å². The Hall–Kier alpha value is -1.84. The van der Waals surface area contributed by atoms with Gasteiger partial charge in [-0.3, -0.25) is 9.59 Å². The monoisotopic (exact) mass is 259 g/mol. The molecule has 0 saturated carbocycles. The van der Waals surface area contributed by atoms with Crippen molar-refractivity contribution in [1.82, 2.24) is 5.32 Å². The quantitative estimate of drug-likeness (QED) is 0.882. The van der Waals surface area contributed by atoms with E-state index in [0.29, 0.717) is 12.2 Å². The molecule has 100 valence electrons. The Labute approximate surface area is 112 Å². The summed E-state index contributed by atoms with van der Waals surface area (Å²) in [5.41, 5.74) is 1.84. The molecule has 4 heteroatoms. The molecule has 1 aliphatic heterocycles. The first-order chi connectivity index (χ1) is 9.24. The van der Waals surface area contributed by atoms with E-state index in [2.05, 4.69) is 5.32 Å². The van der Waals surface area contributed by atoms with Crippen LogP contribution in [0.15, 0.2) is 18.2 Å². The van der Waals surface area contributed by atoms with Gasteiger partial charge in [0.1, 0.15) is 5.75 Å². The number of ether oxygens (including phenoxy) is 1. The van der Waals surface area contributed by atoms with Gasteiger partial charge in [-0.2, -0.15) is 0 Å². The van der Waals surface area contributed by atoms with Crippen LogP contribution in [0.4, 0.5) is 0 Å². The fourth-order valence-corrected chi connectivity index (χ4v) is 2.69. The predicted molar refractivity (Wildman–Crippen MR) is 70.4 cm³/mol. The van der Waals surface area contributed by atoms with Crippen molar-refractivity contribution in [2.24, 2.45) is 0 Å². The number of aryl methyl sites for hydroxylation is 1. The summed E-state index contributed by atoms with van der Waals surface area (Å²) >= 11 is 0. The number of benzene rings is 1. The maximum absolute atomic E-state index is 11.8. The second-order valence-electron chi connectivity index (χ2n) is 5.14. The smallest absolute Gasteiger partial charge is 0.261 e. The average Bonchev–Trinajstić information content (AvgIpc) is 2.65. The van der Waals surface area contributed by atoms with Crippen LogP contribution in [-0.4, -0.2) is 24.3 Å². The van der Waals surface area contributed by atoms with Gasteiger partial charge in [-0.05, 0) is 49.4 Å². The second kappa shape index (κ2) is 5.03. The van der Waals surface area contributed by atoms with Gasteiger partial charge >= 0.3 is 0 Å². The molecule has 2 aliphatic rings. The Balaban J connectivity index is 1.76. The number of amides is 1. The number of hydrogen-bond acceptors (Lipinski definition) is 3. The zero-order valence-electron chi connectivity index (χ0n) is 10.8. The number of rotatable bonds is 2. The molecule has 0 aromatic heterocycles. The summed E-state index contributed by atoms with van der Waals surface area (Å²) in [4.78, 5) is 23.4. The van der Waals surface area contributed by atoms with E-state index in [4.69, 9.17) is 4.74 Å². The standard InChI is InChI=1S/C15H17NO3/c17-13-7-4-10-9-11(5-6-12(10)13)19-14-3-1-2-8-16-15(14)18/h5-6,9,14H,1-4,7-8H2,(H,16,18). The molecule has 1 saturated heterocycles. The molecular weight excluding hydrogens is 242 g/mol. The van der Waals surface area contributed by atoms with E-state index in [1.807, 2.05) is 12.1 Å². The highest BCUT2D eigenvalue weighted by atomic mass is 16.5. The summed E-state index contributed by atoms with van der Waals surface area (Å²) in [6.07, 6.45) is 3.71. The van der Waals surface area contributed by atoms with E-state index in [1.165, 1.54) is 0 Å². The molecule has 1 aromatic rings. The summed E-state index contributed by atoms with van der Waals surface area (Å²) in [7, 11) is 0. The topological polar surface area (TPSA) is 55.4 Å². The third kappa shape index (κ3) is 2.48. The van der Waals surface area contributed by atoms with Crippen molar-refractivity contribution in [3.05, 3.63) is 29.3 Å². The van der Waals surface area contributed by atoms with Gasteiger partial charge in [0.25, 0.3) is 5.91 Å². The summed E-state index contributed by atoms with van der Waals surface area (Å²) in [6.45, 7) is 0.734. The molecule has 1 unspecified atom stereocenters. The molecule has 0 bridgehead atoms. The van der Waals surface area contributed by atoms with E-state index in [9.17, 15) is 9.59 Å². The number of carbonyl (C=O) groups is 2. The average molecular weight is 259 g/mol. The van der Waals surface area contributed by atoms with Crippen LogP contribution in [0, 0.1) is 0 Å². The van der Waals surface area contributed by atoms with Crippen molar-refractivity contribution in [1.29, 1.82) is 0 Å². The zero-order chi connectivity index (χ0) is 13.2. The lowest BCUT2D eigenvalue weighted by Gasteiger charge is -2.16. The van der Waals surface area contributed by atoms with Crippen LogP contribution >= 0.6 is 0 Å². The van der Waals surface area contributed by atoms with E-state index in [1.54, 1.807) is 6.07 Å². The molecule has 1 aliphatic carbocycles. The van der Waals surface area contributed by atoms with E-state index in [-0.39, 0.29) is 11.7 Å². The molecule has 19 heavy (non-hydrogen) atoms. The highest BCUT2D eigenvalue weighted by molar-refractivity contribution is 6.00. The van der Waals surface area contributed by atoms with Gasteiger partial charge in [-0.15, -0.1) is 0 Å². The van der Waals surface area contributed by atoms with Crippen molar-refractivity contribution in [2.75, 3.05) is 6.54 Å². The molecule has 0 spiro atoms. The van der Waals surface area contributed by atoms with Crippen LogP contribution in [0.25, 0.3) is 0 Å². The number of hydrogen-bond donors (Lipinski definition) is 1. The molecule has 1 N–H and O–H groups in total. The molecule has 4 nitrogen and oxygen atoms in total. The molecular formula is C15H17NO3. The Morgan fingerprint density at radius 1 is 1.16 bits per heavy atom. The van der Waals surface area contributed by atoms with E-state index < -0.39 is 6.10 Å². The molecule has 3 rings (SSSR count). The van der Waals surface area contributed by atoms with Crippen LogP contribution < -0.4 is 10.1 Å². The third-order valence-electron chi connectivity index (χ3n) is 3.76. The third-order valence-corrected chi connectivity index (χ3v) is 3.76. The van der Waals surface area contributed by atoms with Crippen LogP contribution in [0.5, 0.6) is 5.75 Å². The van der Waals surface area contributed by atoms with Crippen LogP contribution in [0.3, 0.4) is 0 Å². The van der Waals surface area contributed by atoms with Crippen molar-refractivity contribution in [3.8, 4) is 5.75 Å². The Morgan fingerprint density at radius 2 is 2.05 bits per heavy atom. The predicted octanol–water partition coefficient (Wildman–Crippen LogP) is 1.86. The fraction of sp³-hybridized carbons (Fsp3) is 0.467. The van der Waals surface area contributed by atoms with Gasteiger partial charge in [0, 0.05) is 18.5 Å². The maximum atomic E-state index is 11.8. The summed E-state index contributed by atoms with van der Waals surface area (Å²) in [5, 5.41) is 2.86. The second-order valence-corrected chi connectivity index (χ2v) is 5.14. The molecule has 1 heterocycles. The van der Waals surface area contributed by atoms with Crippen LogP contribution in [0.2, 0.25) is 0 Å². The van der Waals surface area contributed by atoms with Gasteiger partial charge < -0.3 is 10.1 Å². The molecule has 0 radical (unpaired) electrons. The van der Waals surface area contributed by atoms with Crippen molar-refractivity contribution < 1.29 is 14.3 Å². The van der Waals surface area contributed by atoms with Crippen molar-refractivity contribution >= 4 is 11.7 Å². The number of Topliss-reactive ketones (excluding diaryl/α,β-unsaturated/α-hetero) is 1. The number of carbonyl (C=O) groups excluding carboxylic acids is 2. The molecule has 1 fully saturated rings. The van der Waals surface area contributed by atoms with Crippen LogP contribution in [0.1, 0.15) is 41.6 Å². The Kier molecular flexibility index (Phi) is 3.23. The van der Waals surface area contributed by atoms with E-state index in [0.717, 1.165) is 43.4 Å². The zero-order valence-corrected chi connectivity index (χ0v) is 10.8. The van der Waals surface area contributed by atoms with Gasteiger partial charge in [-0.25, -0.2) is 0 Å². The summed E-state index contributed by atoms with van der Waals surface area (Å²) in [5.74, 6) is 0.860. The Bertz CT molecular complexity index is 524. The normalized spacial score (nSPS) is 22.6. The van der Waals surface area contributed by atoms with Crippen molar-refractivity contribution in [3.63, 3.8) is 0 Å². The van der Waals surface area contributed by atoms with Gasteiger partial charge in [0.2, 0.25) is 0 Å². The lowest BCUT2D eigenvalue weighted by Crippen LogP contribution is -2.36.